The Morgan fingerprint density at radius 3 is 2.94 bits per heavy atom. The van der Waals surface area contributed by atoms with Gasteiger partial charge in [0.2, 0.25) is 12.2 Å². The first-order chi connectivity index (χ1) is 7.93. The van der Waals surface area contributed by atoms with E-state index in [1.807, 2.05) is 24.3 Å². The van der Waals surface area contributed by atoms with Crippen LogP contribution in [0.5, 0.6) is 0 Å². The minimum atomic E-state index is 0.598. The van der Waals surface area contributed by atoms with Crippen molar-refractivity contribution in [2.24, 2.45) is 4.99 Å². The van der Waals surface area contributed by atoms with Gasteiger partial charge in [-0.05, 0) is 6.07 Å². The predicted molar refractivity (Wildman–Crippen MR) is 59.1 cm³/mol. The standard InChI is InChI=1S/C11H10N4O/c1-2-8(10-12-4-5-13-10)6-9(3-1)11-14-7-16-15-11/h1-3,6-7H,4-5H2,(H,12,13). The van der Waals surface area contributed by atoms with Gasteiger partial charge in [-0.3, -0.25) is 4.99 Å². The quantitative estimate of drug-likeness (QED) is 0.812. The maximum atomic E-state index is 4.73. The number of nitrogens with one attached hydrogen (secondary N) is 1. The molecule has 0 amide bonds. The maximum Gasteiger partial charge on any atom is 0.214 e. The Hall–Kier alpha value is -2.17. The molecule has 0 spiro atoms. The van der Waals surface area contributed by atoms with E-state index in [9.17, 15) is 0 Å². The molecular weight excluding hydrogens is 204 g/mol. The van der Waals surface area contributed by atoms with Crippen molar-refractivity contribution in [3.63, 3.8) is 0 Å². The van der Waals surface area contributed by atoms with Crippen molar-refractivity contribution < 1.29 is 4.52 Å². The van der Waals surface area contributed by atoms with Crippen LogP contribution in [0, 0.1) is 0 Å². The average molecular weight is 214 g/mol. The van der Waals surface area contributed by atoms with Crippen LogP contribution in [-0.4, -0.2) is 29.1 Å². The summed E-state index contributed by atoms with van der Waals surface area (Å²) in [7, 11) is 0. The highest BCUT2D eigenvalue weighted by atomic mass is 16.5. The zero-order chi connectivity index (χ0) is 10.8. The molecular formula is C11H10N4O. The highest BCUT2D eigenvalue weighted by Crippen LogP contribution is 2.16. The Balaban J connectivity index is 2.00. The summed E-state index contributed by atoms with van der Waals surface area (Å²) in [6.07, 6.45) is 1.33. The van der Waals surface area contributed by atoms with Crippen LogP contribution >= 0.6 is 0 Å². The summed E-state index contributed by atoms with van der Waals surface area (Å²) in [5, 5.41) is 7.04. The van der Waals surface area contributed by atoms with Crippen molar-refractivity contribution in [3.05, 3.63) is 36.2 Å². The topological polar surface area (TPSA) is 63.3 Å². The highest BCUT2D eigenvalue weighted by molar-refractivity contribution is 6.00. The van der Waals surface area contributed by atoms with Crippen molar-refractivity contribution in [1.29, 1.82) is 0 Å². The van der Waals surface area contributed by atoms with Crippen molar-refractivity contribution in [1.82, 2.24) is 15.5 Å². The average Bonchev–Trinajstić information content (AvgIpc) is 3.03. The second-order valence-corrected chi connectivity index (χ2v) is 3.49. The maximum absolute atomic E-state index is 4.73. The molecule has 5 nitrogen and oxygen atoms in total. The third-order valence-electron chi connectivity index (χ3n) is 2.43. The number of nitrogens with zero attached hydrogens (tertiary/aromatic N) is 3. The number of rotatable bonds is 2. The van der Waals surface area contributed by atoms with Gasteiger partial charge >= 0.3 is 0 Å². The van der Waals surface area contributed by atoms with Crippen LogP contribution in [0.3, 0.4) is 0 Å². The fraction of sp³-hybridized carbons (Fsp3) is 0.182. The molecule has 3 rings (SSSR count). The minimum absolute atomic E-state index is 0.598. The molecule has 0 radical (unpaired) electrons. The third kappa shape index (κ3) is 1.56. The Bertz CT molecular complexity index is 519. The largest absolute Gasteiger partial charge is 0.368 e. The van der Waals surface area contributed by atoms with Crippen molar-refractivity contribution in [3.8, 4) is 11.4 Å². The minimum Gasteiger partial charge on any atom is -0.368 e. The summed E-state index contributed by atoms with van der Waals surface area (Å²) in [5.74, 6) is 1.53. The zero-order valence-electron chi connectivity index (χ0n) is 8.55. The van der Waals surface area contributed by atoms with E-state index in [1.165, 1.54) is 6.39 Å². The first kappa shape index (κ1) is 9.08. The molecule has 1 aromatic heterocycles. The van der Waals surface area contributed by atoms with Gasteiger partial charge in [-0.15, -0.1) is 0 Å². The Kier molecular flexibility index (Phi) is 2.14. The third-order valence-corrected chi connectivity index (χ3v) is 2.43. The summed E-state index contributed by atoms with van der Waals surface area (Å²) in [5.41, 5.74) is 1.99. The van der Waals surface area contributed by atoms with Crippen LogP contribution in [0.1, 0.15) is 5.56 Å². The van der Waals surface area contributed by atoms with Gasteiger partial charge in [0.15, 0.2) is 0 Å². The van der Waals surface area contributed by atoms with Gasteiger partial charge < -0.3 is 9.84 Å². The molecule has 2 heterocycles. The van der Waals surface area contributed by atoms with Crippen molar-refractivity contribution >= 4 is 5.84 Å². The summed E-state index contributed by atoms with van der Waals surface area (Å²) >= 11 is 0. The molecule has 0 aliphatic carbocycles. The first-order valence-corrected chi connectivity index (χ1v) is 5.09. The van der Waals surface area contributed by atoms with E-state index in [4.69, 9.17) is 4.52 Å². The second-order valence-electron chi connectivity index (χ2n) is 3.49. The monoisotopic (exact) mass is 214 g/mol. The lowest BCUT2D eigenvalue weighted by atomic mass is 10.1. The van der Waals surface area contributed by atoms with E-state index in [0.717, 1.165) is 30.1 Å². The van der Waals surface area contributed by atoms with Gasteiger partial charge in [0.1, 0.15) is 5.84 Å². The van der Waals surface area contributed by atoms with Crippen LogP contribution in [0.2, 0.25) is 0 Å². The first-order valence-electron chi connectivity index (χ1n) is 5.09. The second kappa shape index (κ2) is 3.77. The van der Waals surface area contributed by atoms with E-state index in [2.05, 4.69) is 20.4 Å². The molecule has 1 aromatic carbocycles. The van der Waals surface area contributed by atoms with Crippen LogP contribution in [-0.2, 0) is 0 Å². The van der Waals surface area contributed by atoms with E-state index in [0.29, 0.717) is 5.82 Å². The lowest BCUT2D eigenvalue weighted by molar-refractivity contribution is 0.419. The molecule has 2 aromatic rings. The van der Waals surface area contributed by atoms with E-state index in [-0.39, 0.29) is 0 Å². The molecule has 80 valence electrons. The van der Waals surface area contributed by atoms with E-state index in [1.54, 1.807) is 0 Å². The number of hydrogen-bond donors (Lipinski definition) is 1. The van der Waals surface area contributed by atoms with Crippen LogP contribution in [0.25, 0.3) is 11.4 Å². The van der Waals surface area contributed by atoms with Gasteiger partial charge in [-0.2, -0.15) is 4.98 Å². The zero-order valence-corrected chi connectivity index (χ0v) is 8.55. The molecule has 0 unspecified atom stereocenters. The number of aliphatic imine (C=N–C) groups is 1. The van der Waals surface area contributed by atoms with E-state index >= 15 is 0 Å². The molecule has 0 atom stereocenters. The highest BCUT2D eigenvalue weighted by Gasteiger charge is 2.10. The van der Waals surface area contributed by atoms with Gasteiger partial charge in [-0.25, -0.2) is 0 Å². The molecule has 5 heteroatoms. The number of hydrogen-bond acceptors (Lipinski definition) is 5. The molecule has 1 aliphatic rings. The Morgan fingerprint density at radius 1 is 1.25 bits per heavy atom. The van der Waals surface area contributed by atoms with Crippen LogP contribution in [0.15, 0.2) is 40.2 Å². The number of benzene rings is 1. The van der Waals surface area contributed by atoms with Gasteiger partial charge in [0, 0.05) is 17.7 Å². The van der Waals surface area contributed by atoms with Crippen molar-refractivity contribution in [2.75, 3.05) is 13.1 Å². The van der Waals surface area contributed by atoms with Crippen molar-refractivity contribution in [2.45, 2.75) is 0 Å². The molecule has 1 N–H and O–H groups in total. The molecule has 1 aliphatic heterocycles. The molecule has 16 heavy (non-hydrogen) atoms. The van der Waals surface area contributed by atoms with Crippen LogP contribution < -0.4 is 5.32 Å². The van der Waals surface area contributed by atoms with E-state index < -0.39 is 0 Å². The summed E-state index contributed by atoms with van der Waals surface area (Å²) in [6.45, 7) is 1.74. The molecule has 0 saturated carbocycles. The normalized spacial score (nSPS) is 14.6. The van der Waals surface area contributed by atoms with Gasteiger partial charge in [-0.1, -0.05) is 23.4 Å². The fourth-order valence-corrected chi connectivity index (χ4v) is 1.69. The SMILES string of the molecule is c1cc(C2=NCCN2)cc(-c2ncon2)c1. The number of aromatic nitrogens is 2. The molecule has 0 fully saturated rings. The summed E-state index contributed by atoms with van der Waals surface area (Å²) in [6, 6.07) is 7.93. The fourth-order valence-electron chi connectivity index (χ4n) is 1.69. The summed E-state index contributed by atoms with van der Waals surface area (Å²) < 4.78 is 4.73. The van der Waals surface area contributed by atoms with Gasteiger partial charge in [0.25, 0.3) is 0 Å². The van der Waals surface area contributed by atoms with Gasteiger partial charge in [0.05, 0.1) is 6.54 Å². The number of amidine groups is 1. The Morgan fingerprint density at radius 2 is 2.19 bits per heavy atom. The lowest BCUT2D eigenvalue weighted by Gasteiger charge is -2.03. The predicted octanol–water partition coefficient (Wildman–Crippen LogP) is 1.09. The Labute approximate surface area is 92.2 Å². The molecule has 0 bridgehead atoms. The lowest BCUT2D eigenvalue weighted by Crippen LogP contribution is -2.19. The van der Waals surface area contributed by atoms with Crippen LogP contribution in [0.4, 0.5) is 0 Å². The smallest absolute Gasteiger partial charge is 0.214 e. The summed E-state index contributed by atoms with van der Waals surface area (Å²) in [4.78, 5) is 8.39. The molecule has 0 saturated heterocycles.